The Labute approximate surface area is 119 Å². The van der Waals surface area contributed by atoms with Crippen molar-refractivity contribution in [3.8, 4) is 5.75 Å². The lowest BCUT2D eigenvalue weighted by Crippen LogP contribution is -2.26. The standard InChI is InChI=1S/C14H21NOS2/c1-5-15(6-2)14(17)18-9-12-8-10(3)7-11(4)13(12)16/h7-8,16H,5-6,9H2,1-4H3. The molecule has 1 N–H and O–H groups in total. The van der Waals surface area contributed by atoms with Gasteiger partial charge in [-0.3, -0.25) is 0 Å². The first kappa shape index (κ1) is 15.3. The third kappa shape index (κ3) is 3.89. The van der Waals surface area contributed by atoms with Crippen molar-refractivity contribution >= 4 is 28.3 Å². The van der Waals surface area contributed by atoms with Crippen LogP contribution in [0.5, 0.6) is 5.75 Å². The number of thiocarbonyl (C=S) groups is 1. The summed E-state index contributed by atoms with van der Waals surface area (Å²) in [5.41, 5.74) is 3.07. The highest BCUT2D eigenvalue weighted by Crippen LogP contribution is 2.28. The minimum Gasteiger partial charge on any atom is -0.507 e. The van der Waals surface area contributed by atoms with Gasteiger partial charge in [0.1, 0.15) is 10.1 Å². The Balaban J connectivity index is 2.72. The monoisotopic (exact) mass is 283 g/mol. The molecule has 0 heterocycles. The van der Waals surface area contributed by atoms with Crippen LogP contribution >= 0.6 is 24.0 Å². The van der Waals surface area contributed by atoms with Crippen LogP contribution < -0.4 is 0 Å². The number of thioether (sulfide) groups is 1. The molecule has 0 amide bonds. The molecule has 0 atom stereocenters. The lowest BCUT2D eigenvalue weighted by Gasteiger charge is -2.21. The highest BCUT2D eigenvalue weighted by molar-refractivity contribution is 8.22. The van der Waals surface area contributed by atoms with Crippen molar-refractivity contribution < 1.29 is 5.11 Å². The average molecular weight is 283 g/mol. The van der Waals surface area contributed by atoms with E-state index in [0.29, 0.717) is 5.75 Å². The van der Waals surface area contributed by atoms with E-state index >= 15 is 0 Å². The summed E-state index contributed by atoms with van der Waals surface area (Å²) in [6.07, 6.45) is 0. The molecule has 1 aromatic carbocycles. The lowest BCUT2D eigenvalue weighted by molar-refractivity contribution is 0.466. The van der Waals surface area contributed by atoms with E-state index in [0.717, 1.165) is 34.3 Å². The van der Waals surface area contributed by atoms with Gasteiger partial charge in [0.2, 0.25) is 0 Å². The summed E-state index contributed by atoms with van der Waals surface area (Å²) in [5.74, 6) is 1.12. The molecule has 0 aliphatic carbocycles. The molecule has 0 saturated heterocycles. The summed E-state index contributed by atoms with van der Waals surface area (Å²) < 4.78 is 0.901. The van der Waals surface area contributed by atoms with Crippen molar-refractivity contribution in [2.24, 2.45) is 0 Å². The fraction of sp³-hybridized carbons (Fsp3) is 0.500. The van der Waals surface area contributed by atoms with Gasteiger partial charge in [0, 0.05) is 24.4 Å². The normalized spacial score (nSPS) is 10.4. The van der Waals surface area contributed by atoms with Crippen molar-refractivity contribution in [2.45, 2.75) is 33.4 Å². The van der Waals surface area contributed by atoms with Gasteiger partial charge in [0.15, 0.2) is 0 Å². The molecule has 0 fully saturated rings. The molecule has 100 valence electrons. The highest BCUT2D eigenvalue weighted by atomic mass is 32.2. The second-order valence-electron chi connectivity index (χ2n) is 4.32. The summed E-state index contributed by atoms with van der Waals surface area (Å²) in [6.45, 7) is 10.0. The molecule has 1 rings (SSSR count). The van der Waals surface area contributed by atoms with Gasteiger partial charge in [-0.15, -0.1) is 0 Å². The number of phenolic OH excluding ortho intramolecular Hbond substituents is 1. The van der Waals surface area contributed by atoms with E-state index in [1.165, 1.54) is 5.56 Å². The summed E-state index contributed by atoms with van der Waals surface area (Å²) in [4.78, 5) is 2.15. The van der Waals surface area contributed by atoms with E-state index in [1.54, 1.807) is 11.8 Å². The molecular weight excluding hydrogens is 262 g/mol. The molecule has 0 aliphatic heterocycles. The number of rotatable bonds is 4. The highest BCUT2D eigenvalue weighted by Gasteiger charge is 2.10. The van der Waals surface area contributed by atoms with Crippen LogP contribution in [-0.2, 0) is 5.75 Å². The first-order valence-corrected chi connectivity index (χ1v) is 7.59. The number of benzene rings is 1. The second kappa shape index (κ2) is 7.00. The Kier molecular flexibility index (Phi) is 5.96. The molecule has 4 heteroatoms. The van der Waals surface area contributed by atoms with E-state index < -0.39 is 0 Å². The van der Waals surface area contributed by atoms with Crippen molar-refractivity contribution in [2.75, 3.05) is 13.1 Å². The van der Waals surface area contributed by atoms with Crippen LogP contribution in [0, 0.1) is 13.8 Å². The number of phenols is 1. The number of hydrogen-bond acceptors (Lipinski definition) is 3. The zero-order chi connectivity index (χ0) is 13.7. The van der Waals surface area contributed by atoms with Gasteiger partial charge < -0.3 is 10.0 Å². The Bertz CT molecular complexity index is 428. The molecule has 0 unspecified atom stereocenters. The first-order chi connectivity index (χ1) is 8.49. The van der Waals surface area contributed by atoms with Crippen LogP contribution in [0.15, 0.2) is 12.1 Å². The Hall–Kier alpha value is -0.740. The van der Waals surface area contributed by atoms with Gasteiger partial charge in [0.25, 0.3) is 0 Å². The van der Waals surface area contributed by atoms with Crippen LogP contribution in [0.2, 0.25) is 0 Å². The van der Waals surface area contributed by atoms with E-state index in [-0.39, 0.29) is 0 Å². The van der Waals surface area contributed by atoms with Gasteiger partial charge in [-0.2, -0.15) is 0 Å². The van der Waals surface area contributed by atoms with Crippen molar-refractivity contribution in [3.63, 3.8) is 0 Å². The summed E-state index contributed by atoms with van der Waals surface area (Å²) in [7, 11) is 0. The Morgan fingerprint density at radius 2 is 1.89 bits per heavy atom. The molecule has 18 heavy (non-hydrogen) atoms. The molecular formula is C14H21NOS2. The maximum absolute atomic E-state index is 10.0. The quantitative estimate of drug-likeness (QED) is 0.847. The Morgan fingerprint density at radius 1 is 1.28 bits per heavy atom. The number of aromatic hydroxyl groups is 1. The van der Waals surface area contributed by atoms with E-state index in [9.17, 15) is 5.11 Å². The van der Waals surface area contributed by atoms with Gasteiger partial charge in [-0.05, 0) is 33.3 Å². The number of nitrogens with zero attached hydrogens (tertiary/aromatic N) is 1. The number of hydrogen-bond donors (Lipinski definition) is 1. The fourth-order valence-corrected chi connectivity index (χ4v) is 3.25. The molecule has 2 nitrogen and oxygen atoms in total. The first-order valence-electron chi connectivity index (χ1n) is 6.20. The Morgan fingerprint density at radius 3 is 2.44 bits per heavy atom. The number of aryl methyl sites for hydroxylation is 2. The minimum absolute atomic E-state index is 0.399. The molecule has 0 saturated carbocycles. The van der Waals surface area contributed by atoms with E-state index in [2.05, 4.69) is 18.7 Å². The molecule has 1 aromatic rings. The predicted octanol–water partition coefficient (Wildman–Crippen LogP) is 3.87. The van der Waals surface area contributed by atoms with Gasteiger partial charge >= 0.3 is 0 Å². The van der Waals surface area contributed by atoms with E-state index in [4.69, 9.17) is 12.2 Å². The molecule has 0 bridgehead atoms. The van der Waals surface area contributed by atoms with Crippen LogP contribution in [0.25, 0.3) is 0 Å². The maximum Gasteiger partial charge on any atom is 0.136 e. The van der Waals surface area contributed by atoms with Gasteiger partial charge in [0.05, 0.1) is 0 Å². The van der Waals surface area contributed by atoms with Gasteiger partial charge in [-0.25, -0.2) is 0 Å². The summed E-state index contributed by atoms with van der Waals surface area (Å²) in [5, 5.41) is 10.0. The van der Waals surface area contributed by atoms with Crippen LogP contribution in [0.1, 0.15) is 30.5 Å². The summed E-state index contributed by atoms with van der Waals surface area (Å²) >= 11 is 7.00. The third-order valence-electron chi connectivity index (χ3n) is 2.90. The van der Waals surface area contributed by atoms with Crippen LogP contribution in [0.3, 0.4) is 0 Å². The zero-order valence-corrected chi connectivity index (χ0v) is 13.1. The smallest absolute Gasteiger partial charge is 0.136 e. The molecule has 0 aromatic heterocycles. The van der Waals surface area contributed by atoms with Gasteiger partial charge in [-0.1, -0.05) is 41.7 Å². The fourth-order valence-electron chi connectivity index (χ4n) is 1.87. The minimum atomic E-state index is 0.399. The van der Waals surface area contributed by atoms with Crippen molar-refractivity contribution in [3.05, 3.63) is 28.8 Å². The largest absolute Gasteiger partial charge is 0.507 e. The zero-order valence-electron chi connectivity index (χ0n) is 11.5. The molecule has 0 aliphatic rings. The van der Waals surface area contributed by atoms with Crippen LogP contribution in [-0.4, -0.2) is 27.4 Å². The predicted molar refractivity (Wildman–Crippen MR) is 84.4 cm³/mol. The second-order valence-corrected chi connectivity index (χ2v) is 5.93. The topological polar surface area (TPSA) is 23.5 Å². The van der Waals surface area contributed by atoms with Crippen LogP contribution in [0.4, 0.5) is 0 Å². The third-order valence-corrected chi connectivity index (χ3v) is 4.47. The maximum atomic E-state index is 10.0. The van der Waals surface area contributed by atoms with Crippen molar-refractivity contribution in [1.29, 1.82) is 0 Å². The SMILES string of the molecule is CCN(CC)C(=S)SCc1cc(C)cc(C)c1O. The summed E-state index contributed by atoms with van der Waals surface area (Å²) in [6, 6.07) is 4.02. The molecule has 0 radical (unpaired) electrons. The molecule has 0 spiro atoms. The van der Waals surface area contributed by atoms with E-state index in [1.807, 2.05) is 26.0 Å². The lowest BCUT2D eigenvalue weighted by atomic mass is 10.1. The average Bonchev–Trinajstić information content (AvgIpc) is 2.33. The van der Waals surface area contributed by atoms with Crippen molar-refractivity contribution in [1.82, 2.24) is 4.90 Å².